The lowest BCUT2D eigenvalue weighted by Crippen LogP contribution is -1.86. The van der Waals surface area contributed by atoms with Gasteiger partial charge in [0.25, 0.3) is 0 Å². The SMILES string of the molecule is Cc1sc(CCC#N)nc1-c1ccccn1. The third kappa shape index (κ3) is 2.26. The molecule has 0 fully saturated rings. The van der Waals surface area contributed by atoms with Gasteiger partial charge in [0.15, 0.2) is 0 Å². The molecule has 2 rings (SSSR count). The number of pyridine rings is 1. The van der Waals surface area contributed by atoms with Gasteiger partial charge in [0, 0.05) is 23.9 Å². The van der Waals surface area contributed by atoms with Crippen LogP contribution >= 0.6 is 11.3 Å². The average Bonchev–Trinajstić information content (AvgIpc) is 2.69. The van der Waals surface area contributed by atoms with E-state index in [0.717, 1.165) is 27.7 Å². The molecule has 2 aromatic heterocycles. The van der Waals surface area contributed by atoms with Gasteiger partial charge in [0.05, 0.1) is 16.8 Å². The van der Waals surface area contributed by atoms with Crippen LogP contribution in [0.2, 0.25) is 0 Å². The van der Waals surface area contributed by atoms with Crippen molar-refractivity contribution in [2.24, 2.45) is 0 Å². The molecule has 3 nitrogen and oxygen atoms in total. The number of hydrogen-bond acceptors (Lipinski definition) is 4. The predicted molar refractivity (Wildman–Crippen MR) is 64.0 cm³/mol. The number of nitrogens with zero attached hydrogens (tertiary/aromatic N) is 3. The summed E-state index contributed by atoms with van der Waals surface area (Å²) in [4.78, 5) is 9.96. The predicted octanol–water partition coefficient (Wildman–Crippen LogP) is 2.97. The molecule has 0 aromatic carbocycles. The van der Waals surface area contributed by atoms with Crippen LogP contribution < -0.4 is 0 Å². The van der Waals surface area contributed by atoms with E-state index in [1.165, 1.54) is 0 Å². The quantitative estimate of drug-likeness (QED) is 0.813. The molecular weight excluding hydrogens is 218 g/mol. The Morgan fingerprint density at radius 3 is 3.00 bits per heavy atom. The van der Waals surface area contributed by atoms with Gasteiger partial charge in [-0.1, -0.05) is 6.07 Å². The molecule has 0 bridgehead atoms. The smallest absolute Gasteiger partial charge is 0.103 e. The second-order valence-electron chi connectivity index (χ2n) is 3.39. The minimum atomic E-state index is 0.522. The first kappa shape index (κ1) is 10.8. The van der Waals surface area contributed by atoms with Crippen LogP contribution in [-0.2, 0) is 6.42 Å². The zero-order valence-electron chi connectivity index (χ0n) is 8.97. The summed E-state index contributed by atoms with van der Waals surface area (Å²) < 4.78 is 0. The van der Waals surface area contributed by atoms with Crippen LogP contribution in [0.4, 0.5) is 0 Å². The molecule has 0 aliphatic rings. The van der Waals surface area contributed by atoms with Gasteiger partial charge in [-0.3, -0.25) is 4.98 Å². The minimum Gasteiger partial charge on any atom is -0.255 e. The monoisotopic (exact) mass is 229 g/mol. The summed E-state index contributed by atoms with van der Waals surface area (Å²) in [6.07, 6.45) is 3.02. The lowest BCUT2D eigenvalue weighted by Gasteiger charge is -1.95. The zero-order chi connectivity index (χ0) is 11.4. The third-order valence-electron chi connectivity index (χ3n) is 2.20. The first-order valence-corrected chi connectivity index (χ1v) is 5.87. The van der Waals surface area contributed by atoms with Crippen LogP contribution in [0, 0.1) is 18.3 Å². The Kier molecular flexibility index (Phi) is 3.28. The van der Waals surface area contributed by atoms with E-state index in [4.69, 9.17) is 5.26 Å². The Bertz CT molecular complexity index is 511. The second-order valence-corrected chi connectivity index (χ2v) is 4.67. The van der Waals surface area contributed by atoms with Crippen LogP contribution in [0.5, 0.6) is 0 Å². The maximum absolute atomic E-state index is 8.54. The molecule has 80 valence electrons. The lowest BCUT2D eigenvalue weighted by atomic mass is 10.2. The molecule has 0 spiro atoms. The largest absolute Gasteiger partial charge is 0.255 e. The van der Waals surface area contributed by atoms with E-state index in [2.05, 4.69) is 16.0 Å². The summed E-state index contributed by atoms with van der Waals surface area (Å²) in [5, 5.41) is 9.55. The molecule has 16 heavy (non-hydrogen) atoms. The number of aromatic nitrogens is 2. The van der Waals surface area contributed by atoms with Crippen molar-refractivity contribution in [3.8, 4) is 17.5 Å². The molecule has 0 amide bonds. The van der Waals surface area contributed by atoms with Crippen molar-refractivity contribution in [1.82, 2.24) is 9.97 Å². The normalized spacial score (nSPS) is 10.0. The summed E-state index contributed by atoms with van der Waals surface area (Å²) in [7, 11) is 0. The van der Waals surface area contributed by atoms with Gasteiger partial charge in [-0.15, -0.1) is 11.3 Å². The van der Waals surface area contributed by atoms with E-state index in [-0.39, 0.29) is 0 Å². The number of nitriles is 1. The highest BCUT2D eigenvalue weighted by Gasteiger charge is 2.09. The summed E-state index contributed by atoms with van der Waals surface area (Å²) in [5.74, 6) is 0. The first-order chi connectivity index (χ1) is 7.81. The van der Waals surface area contributed by atoms with Gasteiger partial charge in [0.1, 0.15) is 5.69 Å². The van der Waals surface area contributed by atoms with Crippen LogP contribution in [0.15, 0.2) is 24.4 Å². The highest BCUT2D eigenvalue weighted by Crippen LogP contribution is 2.26. The van der Waals surface area contributed by atoms with Crippen molar-refractivity contribution in [2.75, 3.05) is 0 Å². The van der Waals surface area contributed by atoms with Crippen molar-refractivity contribution in [1.29, 1.82) is 5.26 Å². The van der Waals surface area contributed by atoms with Crippen LogP contribution in [-0.4, -0.2) is 9.97 Å². The van der Waals surface area contributed by atoms with Crippen molar-refractivity contribution in [3.05, 3.63) is 34.3 Å². The highest BCUT2D eigenvalue weighted by atomic mass is 32.1. The highest BCUT2D eigenvalue weighted by molar-refractivity contribution is 7.12. The van der Waals surface area contributed by atoms with E-state index in [1.54, 1.807) is 17.5 Å². The van der Waals surface area contributed by atoms with Crippen molar-refractivity contribution in [2.45, 2.75) is 19.8 Å². The molecule has 0 radical (unpaired) electrons. The molecule has 0 saturated carbocycles. The Labute approximate surface area is 98.4 Å². The van der Waals surface area contributed by atoms with Gasteiger partial charge in [-0.05, 0) is 19.1 Å². The minimum absolute atomic E-state index is 0.522. The van der Waals surface area contributed by atoms with E-state index in [9.17, 15) is 0 Å². The zero-order valence-corrected chi connectivity index (χ0v) is 9.79. The Balaban J connectivity index is 2.29. The van der Waals surface area contributed by atoms with Gasteiger partial charge >= 0.3 is 0 Å². The molecule has 0 saturated heterocycles. The van der Waals surface area contributed by atoms with E-state index in [1.807, 2.05) is 25.1 Å². The molecule has 0 unspecified atom stereocenters. The number of hydrogen-bond donors (Lipinski definition) is 0. The van der Waals surface area contributed by atoms with E-state index < -0.39 is 0 Å². The standard InChI is InChI=1S/C12H11N3S/c1-9-12(10-5-2-3-8-14-10)15-11(16-9)6-4-7-13/h2-3,5,8H,4,6H2,1H3. The van der Waals surface area contributed by atoms with Crippen molar-refractivity contribution < 1.29 is 0 Å². The lowest BCUT2D eigenvalue weighted by molar-refractivity contribution is 0.989. The average molecular weight is 229 g/mol. The van der Waals surface area contributed by atoms with Gasteiger partial charge in [-0.25, -0.2) is 4.98 Å². The van der Waals surface area contributed by atoms with Gasteiger partial charge in [0.2, 0.25) is 0 Å². The maximum Gasteiger partial charge on any atom is 0.103 e. The first-order valence-electron chi connectivity index (χ1n) is 5.06. The van der Waals surface area contributed by atoms with Gasteiger partial charge < -0.3 is 0 Å². The number of thiazole rings is 1. The molecule has 0 atom stereocenters. The topological polar surface area (TPSA) is 49.6 Å². The third-order valence-corrected chi connectivity index (χ3v) is 3.23. The number of rotatable bonds is 3. The molecule has 0 aliphatic heterocycles. The molecule has 0 aliphatic carbocycles. The molecule has 4 heteroatoms. The Hall–Kier alpha value is -1.73. The van der Waals surface area contributed by atoms with E-state index in [0.29, 0.717) is 6.42 Å². The summed E-state index contributed by atoms with van der Waals surface area (Å²) in [6.45, 7) is 2.04. The summed E-state index contributed by atoms with van der Waals surface area (Å²) in [5.41, 5.74) is 1.85. The Morgan fingerprint density at radius 1 is 1.44 bits per heavy atom. The molecular formula is C12H11N3S. The van der Waals surface area contributed by atoms with Crippen molar-refractivity contribution in [3.63, 3.8) is 0 Å². The fourth-order valence-electron chi connectivity index (χ4n) is 1.46. The number of aryl methyl sites for hydroxylation is 2. The second kappa shape index (κ2) is 4.86. The van der Waals surface area contributed by atoms with Crippen LogP contribution in [0.1, 0.15) is 16.3 Å². The van der Waals surface area contributed by atoms with Crippen LogP contribution in [0.25, 0.3) is 11.4 Å². The molecule has 2 heterocycles. The fourth-order valence-corrected chi connectivity index (χ4v) is 2.40. The van der Waals surface area contributed by atoms with Crippen LogP contribution in [0.3, 0.4) is 0 Å². The van der Waals surface area contributed by atoms with Gasteiger partial charge in [-0.2, -0.15) is 5.26 Å². The summed E-state index contributed by atoms with van der Waals surface area (Å²) >= 11 is 1.65. The fraction of sp³-hybridized carbons (Fsp3) is 0.250. The Morgan fingerprint density at radius 2 is 2.31 bits per heavy atom. The summed E-state index contributed by atoms with van der Waals surface area (Å²) in [6, 6.07) is 7.94. The van der Waals surface area contributed by atoms with E-state index >= 15 is 0 Å². The molecule has 0 N–H and O–H groups in total. The molecule has 2 aromatic rings. The maximum atomic E-state index is 8.54. The van der Waals surface area contributed by atoms with Crippen molar-refractivity contribution >= 4 is 11.3 Å².